The quantitative estimate of drug-likeness (QED) is 0.468. The first-order valence-electron chi connectivity index (χ1n) is 8.13. The fourth-order valence-corrected chi connectivity index (χ4v) is 1.46. The molecule has 1 unspecified atom stereocenters. The summed E-state index contributed by atoms with van der Waals surface area (Å²) >= 11 is 0. The second-order valence-corrected chi connectivity index (χ2v) is 8.51. The van der Waals surface area contributed by atoms with Gasteiger partial charge in [-0.1, -0.05) is 54.5 Å². The first kappa shape index (κ1) is 29.3. The maximum absolute atomic E-state index is 10.6. The fourth-order valence-electron chi connectivity index (χ4n) is 1.46. The van der Waals surface area contributed by atoms with Gasteiger partial charge in [0.15, 0.2) is 0 Å². The Morgan fingerprint density at radius 3 is 1.58 bits per heavy atom. The molecule has 0 amide bonds. The number of carboxylic acids is 2. The van der Waals surface area contributed by atoms with Crippen LogP contribution in [0.15, 0.2) is 24.3 Å². The Morgan fingerprint density at radius 1 is 1.04 bits per heavy atom. The van der Waals surface area contributed by atoms with Crippen LogP contribution in [0.4, 0.5) is 5.69 Å². The van der Waals surface area contributed by atoms with E-state index in [9.17, 15) is 9.59 Å². The predicted molar refractivity (Wildman–Crippen MR) is 103 cm³/mol. The largest absolute Gasteiger partial charge is 2.00 e. The molecule has 0 aliphatic rings. The summed E-state index contributed by atoms with van der Waals surface area (Å²) in [6.07, 6.45) is -0.321. The van der Waals surface area contributed by atoms with E-state index in [1.807, 2.05) is 18.2 Å². The summed E-state index contributed by atoms with van der Waals surface area (Å²) in [5.74, 6) is -2.95. The molecule has 0 spiro atoms. The van der Waals surface area contributed by atoms with Gasteiger partial charge in [0.25, 0.3) is 0 Å². The maximum Gasteiger partial charge on any atom is 2.00 e. The molecule has 3 N–H and O–H groups in total. The molecule has 0 bridgehead atoms. The van der Waals surface area contributed by atoms with Gasteiger partial charge in [-0.15, -0.1) is 12.1 Å². The fraction of sp³-hybridized carbons (Fsp3) is 0.550. The second kappa shape index (κ2) is 12.8. The van der Waals surface area contributed by atoms with Crippen LogP contribution in [0.1, 0.15) is 60.5 Å². The van der Waals surface area contributed by atoms with Crippen molar-refractivity contribution in [3.05, 3.63) is 42.5 Å². The van der Waals surface area contributed by atoms with Gasteiger partial charge in [-0.05, 0) is 10.8 Å². The molecule has 1 atom stereocenters. The summed E-state index contributed by atoms with van der Waals surface area (Å²) < 4.78 is 0. The maximum atomic E-state index is 10.6. The number of aliphatic carboxylic acids is 2. The SMILES string of the molecule is CC(C)(C)C.CC(C)(C)C(CC(=O)O)C(=O)O.[CH2-]c1ccccc1[NH-].[Pt+2]. The molecule has 0 radical (unpaired) electrons. The zero-order valence-electron chi connectivity index (χ0n) is 16.8. The van der Waals surface area contributed by atoms with Gasteiger partial charge in [0, 0.05) is 0 Å². The van der Waals surface area contributed by atoms with Crippen molar-refractivity contribution in [1.82, 2.24) is 0 Å². The minimum absolute atomic E-state index is 0. The van der Waals surface area contributed by atoms with Crippen molar-refractivity contribution < 1.29 is 40.9 Å². The molecule has 5 nitrogen and oxygen atoms in total. The average Bonchev–Trinajstić information content (AvgIpc) is 2.36. The Hall–Kier alpha value is -1.48. The van der Waals surface area contributed by atoms with E-state index in [0.717, 1.165) is 5.56 Å². The normalized spacial score (nSPS) is 11.5. The van der Waals surface area contributed by atoms with Crippen molar-refractivity contribution >= 4 is 17.6 Å². The second-order valence-electron chi connectivity index (χ2n) is 8.51. The Balaban J connectivity index is -0.000000327. The van der Waals surface area contributed by atoms with Crippen molar-refractivity contribution in [3.8, 4) is 0 Å². The van der Waals surface area contributed by atoms with Gasteiger partial charge < -0.3 is 15.9 Å². The van der Waals surface area contributed by atoms with Crippen molar-refractivity contribution in [2.45, 2.75) is 54.9 Å². The molecule has 6 heteroatoms. The van der Waals surface area contributed by atoms with E-state index in [1.165, 1.54) is 0 Å². The number of nitrogens with one attached hydrogen (secondary N) is 1. The number of rotatable bonds is 3. The Morgan fingerprint density at radius 2 is 1.42 bits per heavy atom. The van der Waals surface area contributed by atoms with Gasteiger partial charge in [-0.3, -0.25) is 15.3 Å². The summed E-state index contributed by atoms with van der Waals surface area (Å²) in [7, 11) is 0. The van der Waals surface area contributed by atoms with Crippen LogP contribution in [0.25, 0.3) is 5.73 Å². The third kappa shape index (κ3) is 18.9. The van der Waals surface area contributed by atoms with Crippen LogP contribution in [-0.4, -0.2) is 22.2 Å². The molecule has 0 saturated heterocycles. The molecule has 1 rings (SSSR count). The van der Waals surface area contributed by atoms with Gasteiger partial charge in [-0.2, -0.15) is 6.07 Å². The van der Waals surface area contributed by atoms with E-state index < -0.39 is 23.3 Å². The van der Waals surface area contributed by atoms with Crippen molar-refractivity contribution in [2.24, 2.45) is 16.7 Å². The van der Waals surface area contributed by atoms with Crippen molar-refractivity contribution in [1.29, 1.82) is 0 Å². The molecule has 0 fully saturated rings. The molecule has 0 aromatic heterocycles. The van der Waals surface area contributed by atoms with E-state index >= 15 is 0 Å². The van der Waals surface area contributed by atoms with Gasteiger partial charge in [0.1, 0.15) is 0 Å². The third-order valence-electron chi connectivity index (χ3n) is 2.74. The van der Waals surface area contributed by atoms with Gasteiger partial charge in [-0.25, -0.2) is 12.5 Å². The molecule has 0 aliphatic heterocycles. The Labute approximate surface area is 172 Å². The molecular weight excluding hydrogens is 513 g/mol. The number of hydrogen-bond acceptors (Lipinski definition) is 2. The van der Waals surface area contributed by atoms with Crippen LogP contribution in [0.5, 0.6) is 0 Å². The Bertz CT molecular complexity index is 518. The van der Waals surface area contributed by atoms with E-state index in [0.29, 0.717) is 11.1 Å². The number of carbonyl (C=O) groups is 2. The van der Waals surface area contributed by atoms with Crippen LogP contribution in [0.3, 0.4) is 0 Å². The topological polar surface area (TPSA) is 98.4 Å². The number of carboxylic acid groups (broad SMARTS) is 2. The molecule has 152 valence electrons. The van der Waals surface area contributed by atoms with Crippen molar-refractivity contribution in [3.63, 3.8) is 0 Å². The summed E-state index contributed by atoms with van der Waals surface area (Å²) in [5.41, 5.74) is 8.44. The van der Waals surface area contributed by atoms with Gasteiger partial charge >= 0.3 is 33.0 Å². The van der Waals surface area contributed by atoms with Crippen LogP contribution in [-0.2, 0) is 30.7 Å². The van der Waals surface area contributed by atoms with Crippen LogP contribution in [0, 0.1) is 23.7 Å². The molecule has 0 heterocycles. The standard InChI is InChI=1S/C8H14O4.C7H7N.C5H12.Pt/c1-8(2,3)5(7(11)12)4-6(9)10;1-6-4-2-3-5-7(6)8;1-5(2,3)4;/h5H,4H2,1-3H3,(H,9,10)(H,11,12);2-5,8H,1H2;1-4H3;/q;-2;;+2. The smallest absolute Gasteiger partial charge is 0.756 e. The average molecular weight is 547 g/mol. The minimum atomic E-state index is -1.07. The monoisotopic (exact) mass is 546 g/mol. The predicted octanol–water partition coefficient (Wildman–Crippen LogP) is 5.81. The number of benzene rings is 1. The van der Waals surface area contributed by atoms with Crippen molar-refractivity contribution in [2.75, 3.05) is 0 Å². The van der Waals surface area contributed by atoms with Gasteiger partial charge in [0.05, 0.1) is 12.3 Å². The van der Waals surface area contributed by atoms with E-state index in [4.69, 9.17) is 15.9 Å². The molecule has 1 aromatic carbocycles. The van der Waals surface area contributed by atoms with Crippen LogP contribution < -0.4 is 0 Å². The van der Waals surface area contributed by atoms with E-state index in [-0.39, 0.29) is 27.5 Å². The molecule has 1 aromatic rings. The van der Waals surface area contributed by atoms with E-state index in [2.05, 4.69) is 34.6 Å². The molecule has 0 saturated carbocycles. The molecule has 0 aliphatic carbocycles. The molecule has 26 heavy (non-hydrogen) atoms. The first-order valence-corrected chi connectivity index (χ1v) is 8.13. The first-order chi connectivity index (χ1) is 11.1. The zero-order chi connectivity index (χ0) is 20.4. The summed E-state index contributed by atoms with van der Waals surface area (Å²) in [4.78, 5) is 20.9. The summed E-state index contributed by atoms with van der Waals surface area (Å²) in [6, 6.07) is 7.25. The van der Waals surface area contributed by atoms with Crippen LogP contribution >= 0.6 is 0 Å². The zero-order valence-corrected chi connectivity index (χ0v) is 19.1. The van der Waals surface area contributed by atoms with Gasteiger partial charge in [0.2, 0.25) is 0 Å². The van der Waals surface area contributed by atoms with Crippen LogP contribution in [0.2, 0.25) is 0 Å². The van der Waals surface area contributed by atoms with E-state index in [1.54, 1.807) is 26.8 Å². The third-order valence-corrected chi connectivity index (χ3v) is 2.74. The molecular formula is C20H33NO4Pt. The number of hydrogen-bond donors (Lipinski definition) is 2. The Kier molecular flexibility index (Phi) is 14.4. The minimum Gasteiger partial charge on any atom is -0.756 e. The summed E-state index contributed by atoms with van der Waals surface area (Å²) in [5, 5.41) is 17.1. The summed E-state index contributed by atoms with van der Waals surface area (Å²) in [6.45, 7) is 17.5.